The molecule has 0 saturated heterocycles. The fourth-order valence-electron chi connectivity index (χ4n) is 1.86. The second kappa shape index (κ2) is 8.05. The van der Waals surface area contributed by atoms with E-state index in [2.05, 4.69) is 10.3 Å². The first kappa shape index (κ1) is 18.1. The minimum absolute atomic E-state index is 0.179. The van der Waals surface area contributed by atoms with Crippen molar-refractivity contribution in [1.29, 1.82) is 0 Å². The Morgan fingerprint density at radius 3 is 2.71 bits per heavy atom. The van der Waals surface area contributed by atoms with Gasteiger partial charge in [-0.2, -0.15) is 13.2 Å². The van der Waals surface area contributed by atoms with E-state index in [-0.39, 0.29) is 11.4 Å². The van der Waals surface area contributed by atoms with Gasteiger partial charge in [0.25, 0.3) is 5.91 Å². The van der Waals surface area contributed by atoms with Gasteiger partial charge >= 0.3 is 6.18 Å². The van der Waals surface area contributed by atoms with E-state index in [4.69, 9.17) is 4.74 Å². The summed E-state index contributed by atoms with van der Waals surface area (Å²) in [6.07, 6.45) is -2.79. The Labute approximate surface area is 141 Å². The number of benzene rings is 1. The molecule has 0 aliphatic carbocycles. The largest absolute Gasteiger partial charge is 0.477 e. The van der Waals surface area contributed by atoms with E-state index < -0.39 is 17.8 Å². The van der Waals surface area contributed by atoms with Crippen LogP contribution in [0.1, 0.15) is 17.3 Å². The minimum Gasteiger partial charge on any atom is -0.477 e. The number of nitrogens with one attached hydrogen (secondary N) is 1. The second-order valence-corrected chi connectivity index (χ2v) is 5.66. The third-order valence-electron chi connectivity index (χ3n) is 2.82. The van der Waals surface area contributed by atoms with Crippen molar-refractivity contribution in [3.8, 4) is 5.88 Å². The van der Waals surface area contributed by atoms with Crippen LogP contribution in [-0.4, -0.2) is 29.4 Å². The molecule has 2 aromatic rings. The molecule has 0 aliphatic heterocycles. The molecule has 8 heteroatoms. The lowest BCUT2D eigenvalue weighted by Crippen LogP contribution is -2.15. The summed E-state index contributed by atoms with van der Waals surface area (Å²) in [6, 6.07) is 9.45. The summed E-state index contributed by atoms with van der Waals surface area (Å²) >= 11 is 0.619. The molecule has 2 rings (SSSR count). The van der Waals surface area contributed by atoms with Crippen LogP contribution in [0.4, 0.5) is 18.9 Å². The molecule has 0 bridgehead atoms. The molecule has 1 aromatic carbocycles. The highest BCUT2D eigenvalue weighted by Gasteiger charge is 2.27. The summed E-state index contributed by atoms with van der Waals surface area (Å²) in [6.45, 7) is 2.11. The lowest BCUT2D eigenvalue weighted by molar-refractivity contribution is -0.105. The predicted molar refractivity (Wildman–Crippen MR) is 86.6 cm³/mol. The maximum absolute atomic E-state index is 12.4. The lowest BCUT2D eigenvalue weighted by atomic mass is 10.2. The number of carbonyl (C=O) groups is 1. The number of hydrogen-bond acceptors (Lipinski definition) is 4. The van der Waals surface area contributed by atoms with Crippen molar-refractivity contribution in [1.82, 2.24) is 4.98 Å². The Balaban J connectivity index is 2.18. The second-order valence-electron chi connectivity index (χ2n) is 4.64. The maximum atomic E-state index is 12.4. The van der Waals surface area contributed by atoms with Gasteiger partial charge in [-0.3, -0.25) is 4.79 Å². The Bertz CT molecular complexity index is 708. The van der Waals surface area contributed by atoms with E-state index in [0.717, 1.165) is 0 Å². The number of rotatable bonds is 6. The molecule has 1 N–H and O–H groups in total. The fraction of sp³-hybridized carbons (Fsp3) is 0.250. The van der Waals surface area contributed by atoms with Crippen LogP contribution in [0.3, 0.4) is 0 Å². The van der Waals surface area contributed by atoms with Gasteiger partial charge < -0.3 is 10.1 Å². The van der Waals surface area contributed by atoms with Crippen molar-refractivity contribution >= 4 is 23.4 Å². The number of nitrogens with zero attached hydrogens (tertiary/aromatic N) is 1. The molecule has 128 valence electrons. The van der Waals surface area contributed by atoms with E-state index in [1.165, 1.54) is 12.3 Å². The van der Waals surface area contributed by atoms with Crippen LogP contribution in [0, 0.1) is 0 Å². The molecule has 1 heterocycles. The normalized spacial score (nSPS) is 11.2. The van der Waals surface area contributed by atoms with Gasteiger partial charge in [-0.25, -0.2) is 4.98 Å². The third-order valence-corrected chi connectivity index (χ3v) is 3.96. The summed E-state index contributed by atoms with van der Waals surface area (Å²) < 4.78 is 42.5. The lowest BCUT2D eigenvalue weighted by Gasteiger charge is -2.13. The summed E-state index contributed by atoms with van der Waals surface area (Å²) in [7, 11) is 0. The molecule has 0 radical (unpaired) electrons. The first-order valence-corrected chi connectivity index (χ1v) is 8.07. The first-order chi connectivity index (χ1) is 11.4. The van der Waals surface area contributed by atoms with Crippen molar-refractivity contribution in [2.24, 2.45) is 0 Å². The van der Waals surface area contributed by atoms with Crippen LogP contribution in [-0.2, 0) is 0 Å². The van der Waals surface area contributed by atoms with Crippen molar-refractivity contribution in [3.63, 3.8) is 0 Å². The zero-order valence-electron chi connectivity index (χ0n) is 12.8. The number of anilines is 1. The number of amides is 1. The quantitative estimate of drug-likeness (QED) is 0.780. The smallest absolute Gasteiger partial charge is 0.398 e. The Kier molecular flexibility index (Phi) is 6.08. The monoisotopic (exact) mass is 356 g/mol. The van der Waals surface area contributed by atoms with E-state index >= 15 is 0 Å². The van der Waals surface area contributed by atoms with Gasteiger partial charge in [0.2, 0.25) is 5.88 Å². The number of hydrogen-bond donors (Lipinski definition) is 1. The molecule has 24 heavy (non-hydrogen) atoms. The Morgan fingerprint density at radius 1 is 1.25 bits per heavy atom. The zero-order valence-corrected chi connectivity index (χ0v) is 13.6. The van der Waals surface area contributed by atoms with E-state index in [0.29, 0.717) is 29.0 Å². The molecule has 0 aliphatic rings. The van der Waals surface area contributed by atoms with Crippen LogP contribution < -0.4 is 10.1 Å². The van der Waals surface area contributed by atoms with Crippen molar-refractivity contribution in [2.75, 3.05) is 17.7 Å². The van der Waals surface area contributed by atoms with E-state index in [1.54, 1.807) is 37.3 Å². The number of ether oxygens (including phenoxy) is 1. The molecule has 0 atom stereocenters. The van der Waals surface area contributed by atoms with Crippen LogP contribution >= 0.6 is 11.8 Å². The van der Waals surface area contributed by atoms with Gasteiger partial charge in [0.1, 0.15) is 5.56 Å². The van der Waals surface area contributed by atoms with Gasteiger partial charge in [-0.15, -0.1) is 11.8 Å². The Morgan fingerprint density at radius 2 is 2.00 bits per heavy atom. The van der Waals surface area contributed by atoms with Crippen LogP contribution in [0.2, 0.25) is 0 Å². The maximum Gasteiger partial charge on any atom is 0.398 e. The van der Waals surface area contributed by atoms with Crippen LogP contribution in [0.25, 0.3) is 0 Å². The van der Waals surface area contributed by atoms with Crippen LogP contribution in [0.15, 0.2) is 47.5 Å². The highest BCUT2D eigenvalue weighted by Crippen LogP contribution is 2.32. The Hall–Kier alpha value is -2.22. The third kappa shape index (κ3) is 5.16. The van der Waals surface area contributed by atoms with Gasteiger partial charge in [0, 0.05) is 11.1 Å². The zero-order chi connectivity index (χ0) is 17.6. The number of pyridine rings is 1. The number of thioether (sulfide) groups is 1. The summed E-state index contributed by atoms with van der Waals surface area (Å²) in [5.74, 6) is -1.35. The fourth-order valence-corrected chi connectivity index (χ4v) is 2.63. The molecule has 1 amide bonds. The van der Waals surface area contributed by atoms with Gasteiger partial charge in [-0.1, -0.05) is 12.1 Å². The average molecular weight is 356 g/mol. The van der Waals surface area contributed by atoms with Gasteiger partial charge in [-0.05, 0) is 31.2 Å². The number of para-hydroxylation sites is 1. The van der Waals surface area contributed by atoms with Crippen LogP contribution in [0.5, 0.6) is 5.88 Å². The number of halogens is 3. The van der Waals surface area contributed by atoms with E-state index in [1.807, 2.05) is 0 Å². The predicted octanol–water partition coefficient (Wildman–Crippen LogP) is 4.39. The summed E-state index contributed by atoms with van der Waals surface area (Å²) in [5.41, 5.74) is 0.526. The SMILES string of the molecule is CCOc1ncccc1C(=O)Nc1ccccc1SCC(F)(F)F. The molecular formula is C16H15F3N2O2S. The molecule has 4 nitrogen and oxygen atoms in total. The summed E-state index contributed by atoms with van der Waals surface area (Å²) in [5, 5.41) is 2.61. The number of carbonyl (C=O) groups excluding carboxylic acids is 1. The molecule has 0 spiro atoms. The van der Waals surface area contributed by atoms with Crippen molar-refractivity contribution in [2.45, 2.75) is 18.0 Å². The molecule has 0 fully saturated rings. The van der Waals surface area contributed by atoms with Gasteiger partial charge in [0.15, 0.2) is 0 Å². The average Bonchev–Trinajstić information content (AvgIpc) is 2.54. The van der Waals surface area contributed by atoms with E-state index in [9.17, 15) is 18.0 Å². The minimum atomic E-state index is -4.28. The first-order valence-electron chi connectivity index (χ1n) is 7.08. The van der Waals surface area contributed by atoms with Crippen molar-refractivity contribution in [3.05, 3.63) is 48.2 Å². The summed E-state index contributed by atoms with van der Waals surface area (Å²) in [4.78, 5) is 16.7. The topological polar surface area (TPSA) is 51.2 Å². The highest BCUT2D eigenvalue weighted by molar-refractivity contribution is 7.99. The molecule has 1 aromatic heterocycles. The molecular weight excluding hydrogens is 341 g/mol. The highest BCUT2D eigenvalue weighted by atomic mass is 32.2. The number of aromatic nitrogens is 1. The van der Waals surface area contributed by atoms with Gasteiger partial charge in [0.05, 0.1) is 18.0 Å². The molecule has 0 saturated carbocycles. The number of alkyl halides is 3. The molecule has 0 unspecified atom stereocenters. The van der Waals surface area contributed by atoms with Crippen molar-refractivity contribution < 1.29 is 22.7 Å². The standard InChI is InChI=1S/C16H15F3N2O2S/c1-2-23-15-11(6-5-9-20-15)14(22)21-12-7-3-4-8-13(12)24-10-16(17,18)19/h3-9H,2,10H2,1H3,(H,21,22).